The Morgan fingerprint density at radius 2 is 1.79 bits per heavy atom. The summed E-state index contributed by atoms with van der Waals surface area (Å²) in [4.78, 5) is 29.4. The van der Waals surface area contributed by atoms with E-state index in [1.54, 1.807) is 12.3 Å². The molecule has 2 aromatic rings. The van der Waals surface area contributed by atoms with E-state index in [1.165, 1.54) is 38.1 Å². The quantitative estimate of drug-likeness (QED) is 0.589. The molecule has 10 heteroatoms. The van der Waals surface area contributed by atoms with E-state index in [2.05, 4.69) is 20.3 Å². The molecule has 0 bridgehead atoms. The van der Waals surface area contributed by atoms with Crippen LogP contribution in [-0.4, -0.2) is 45.4 Å². The van der Waals surface area contributed by atoms with Crippen LogP contribution in [0.1, 0.15) is 19.4 Å². The second-order valence-corrected chi connectivity index (χ2v) is 8.40. The topological polar surface area (TPSA) is 120 Å². The Balaban J connectivity index is 1.97. The maximum atomic E-state index is 12.5. The van der Waals surface area contributed by atoms with Crippen LogP contribution in [0.3, 0.4) is 0 Å². The minimum atomic E-state index is -3.89. The number of anilines is 2. The lowest BCUT2D eigenvalue weighted by Gasteiger charge is -2.16. The number of rotatable bonds is 8. The Hall–Kier alpha value is -2.98. The molecule has 2 rings (SSSR count). The number of aromatic nitrogens is 1. The van der Waals surface area contributed by atoms with Crippen LogP contribution in [0.25, 0.3) is 0 Å². The van der Waals surface area contributed by atoms with Crippen molar-refractivity contribution in [2.75, 3.05) is 24.3 Å². The van der Waals surface area contributed by atoms with E-state index >= 15 is 0 Å². The third-order valence-corrected chi connectivity index (χ3v) is 5.50. The van der Waals surface area contributed by atoms with Crippen molar-refractivity contribution >= 4 is 33.3 Å². The number of sulfonamides is 1. The lowest BCUT2D eigenvalue weighted by molar-refractivity contribution is -0.122. The maximum absolute atomic E-state index is 12.5. The van der Waals surface area contributed by atoms with Gasteiger partial charge in [0.25, 0.3) is 0 Å². The van der Waals surface area contributed by atoms with Crippen LogP contribution in [-0.2, 0) is 26.2 Å². The van der Waals surface area contributed by atoms with Gasteiger partial charge in [-0.25, -0.2) is 13.4 Å². The van der Waals surface area contributed by atoms with Crippen LogP contribution >= 0.6 is 0 Å². The maximum Gasteiger partial charge on any atom is 0.241 e. The monoisotopic (exact) mass is 419 g/mol. The predicted molar refractivity (Wildman–Crippen MR) is 111 cm³/mol. The fourth-order valence-corrected chi connectivity index (χ4v) is 3.64. The molecule has 1 atom stereocenters. The van der Waals surface area contributed by atoms with Gasteiger partial charge in [0.2, 0.25) is 21.8 Å². The van der Waals surface area contributed by atoms with Crippen molar-refractivity contribution in [3.63, 3.8) is 0 Å². The lowest BCUT2D eigenvalue weighted by atomic mass is 10.2. The zero-order valence-electron chi connectivity index (χ0n) is 16.8. The smallest absolute Gasteiger partial charge is 0.241 e. The van der Waals surface area contributed by atoms with Crippen LogP contribution in [0, 0.1) is 0 Å². The third kappa shape index (κ3) is 6.54. The first-order valence-electron chi connectivity index (χ1n) is 8.88. The zero-order valence-corrected chi connectivity index (χ0v) is 17.6. The van der Waals surface area contributed by atoms with Gasteiger partial charge in [0.1, 0.15) is 5.82 Å². The fraction of sp³-hybridized carbons (Fsp3) is 0.316. The normalized spacial score (nSPS) is 12.1. The van der Waals surface area contributed by atoms with Gasteiger partial charge < -0.3 is 15.5 Å². The molecule has 9 nitrogen and oxygen atoms in total. The summed E-state index contributed by atoms with van der Waals surface area (Å²) in [5, 5.41) is 5.27. The third-order valence-electron chi connectivity index (χ3n) is 3.95. The number of benzene rings is 1. The summed E-state index contributed by atoms with van der Waals surface area (Å²) in [5.41, 5.74) is 1.33. The summed E-state index contributed by atoms with van der Waals surface area (Å²) >= 11 is 0. The molecule has 0 aliphatic rings. The van der Waals surface area contributed by atoms with E-state index in [4.69, 9.17) is 0 Å². The molecule has 156 valence electrons. The second kappa shape index (κ2) is 9.48. The summed E-state index contributed by atoms with van der Waals surface area (Å²) in [6, 6.07) is 8.32. The van der Waals surface area contributed by atoms with Crippen molar-refractivity contribution in [3.05, 3.63) is 48.2 Å². The molecule has 0 saturated carbocycles. The van der Waals surface area contributed by atoms with Crippen LogP contribution in [0.2, 0.25) is 0 Å². The number of carbonyl (C=O) groups excluding carboxylic acids is 2. The molecule has 1 aromatic heterocycles. The van der Waals surface area contributed by atoms with Gasteiger partial charge in [0.15, 0.2) is 0 Å². The van der Waals surface area contributed by atoms with E-state index in [1.807, 2.05) is 25.1 Å². The molecule has 0 aliphatic carbocycles. The minimum Gasteiger partial charge on any atom is -0.363 e. The molecule has 0 saturated heterocycles. The Morgan fingerprint density at radius 3 is 2.38 bits per heavy atom. The van der Waals surface area contributed by atoms with Crippen molar-refractivity contribution in [2.24, 2.45) is 0 Å². The summed E-state index contributed by atoms with van der Waals surface area (Å²) < 4.78 is 27.3. The van der Waals surface area contributed by atoms with E-state index in [9.17, 15) is 18.0 Å². The largest absolute Gasteiger partial charge is 0.363 e. The molecule has 0 spiro atoms. The van der Waals surface area contributed by atoms with Gasteiger partial charge in [-0.1, -0.05) is 0 Å². The lowest BCUT2D eigenvalue weighted by Crippen LogP contribution is -2.44. The highest BCUT2D eigenvalue weighted by atomic mass is 32.2. The van der Waals surface area contributed by atoms with E-state index < -0.39 is 22.0 Å². The Kier molecular flexibility index (Phi) is 7.29. The van der Waals surface area contributed by atoms with Crippen LogP contribution < -0.4 is 20.3 Å². The first kappa shape index (κ1) is 22.3. The number of amides is 2. The molecule has 1 heterocycles. The van der Waals surface area contributed by atoms with Crippen LogP contribution in [0.15, 0.2) is 47.5 Å². The number of carbonyl (C=O) groups is 2. The predicted octanol–water partition coefficient (Wildman–Crippen LogP) is 1.09. The number of hydrogen-bond acceptors (Lipinski definition) is 6. The first-order chi connectivity index (χ1) is 13.6. The van der Waals surface area contributed by atoms with E-state index in [-0.39, 0.29) is 17.3 Å². The van der Waals surface area contributed by atoms with Crippen LogP contribution in [0.5, 0.6) is 0 Å². The molecule has 29 heavy (non-hydrogen) atoms. The number of hydrogen-bond donors (Lipinski definition) is 3. The molecule has 3 N–H and O–H groups in total. The summed E-state index contributed by atoms with van der Waals surface area (Å²) in [5.74, 6) is 0.0517. The van der Waals surface area contributed by atoms with Gasteiger partial charge in [0, 0.05) is 39.4 Å². The fourth-order valence-electron chi connectivity index (χ4n) is 2.43. The molecular formula is C19H25N5O4S. The first-order valence-corrected chi connectivity index (χ1v) is 10.4. The van der Waals surface area contributed by atoms with Gasteiger partial charge in [-0.15, -0.1) is 0 Å². The number of nitrogens with one attached hydrogen (secondary N) is 3. The highest BCUT2D eigenvalue weighted by Gasteiger charge is 2.22. The number of pyridine rings is 1. The average Bonchev–Trinajstić information content (AvgIpc) is 2.65. The van der Waals surface area contributed by atoms with E-state index in [0.29, 0.717) is 5.69 Å². The molecule has 1 aromatic carbocycles. The molecule has 2 amide bonds. The molecule has 0 fully saturated rings. The van der Waals surface area contributed by atoms with E-state index in [0.717, 1.165) is 11.4 Å². The Bertz CT molecular complexity index is 974. The van der Waals surface area contributed by atoms with Gasteiger partial charge in [-0.05, 0) is 48.9 Å². The average molecular weight is 420 g/mol. The van der Waals surface area contributed by atoms with Crippen LogP contribution in [0.4, 0.5) is 11.5 Å². The standard InChI is InChI=1S/C19H25N5O4S/c1-13(19(26)21-12-15-9-10-20-18(11-15)24(3)4)23-29(27,28)17-7-5-16(6-8-17)22-14(2)25/h5-11,13,23H,12H2,1-4H3,(H,21,26)(H,22,25)/t13-/m0/s1. The second-order valence-electron chi connectivity index (χ2n) is 6.68. The highest BCUT2D eigenvalue weighted by Crippen LogP contribution is 2.14. The molecular weight excluding hydrogens is 394 g/mol. The van der Waals surface area contributed by atoms with Crippen molar-refractivity contribution in [3.8, 4) is 0 Å². The Morgan fingerprint density at radius 1 is 1.14 bits per heavy atom. The summed E-state index contributed by atoms with van der Waals surface area (Å²) in [6.45, 7) is 3.08. The zero-order chi connectivity index (χ0) is 21.6. The summed E-state index contributed by atoms with van der Waals surface area (Å²) in [6.07, 6.45) is 1.65. The van der Waals surface area contributed by atoms with Gasteiger partial charge >= 0.3 is 0 Å². The molecule has 0 unspecified atom stereocenters. The Labute approximate surface area is 170 Å². The van der Waals surface area contributed by atoms with Crippen molar-refractivity contribution in [2.45, 2.75) is 31.3 Å². The van der Waals surface area contributed by atoms with Gasteiger partial charge in [-0.3, -0.25) is 9.59 Å². The van der Waals surface area contributed by atoms with Crippen molar-refractivity contribution < 1.29 is 18.0 Å². The van der Waals surface area contributed by atoms with Crippen molar-refractivity contribution in [1.29, 1.82) is 0 Å². The van der Waals surface area contributed by atoms with Gasteiger partial charge in [0.05, 0.1) is 10.9 Å². The molecule has 0 aliphatic heterocycles. The number of nitrogens with zero attached hydrogens (tertiary/aromatic N) is 2. The minimum absolute atomic E-state index is 0.00369. The van der Waals surface area contributed by atoms with Gasteiger partial charge in [-0.2, -0.15) is 4.72 Å². The van der Waals surface area contributed by atoms with Crippen molar-refractivity contribution in [1.82, 2.24) is 15.0 Å². The highest BCUT2D eigenvalue weighted by molar-refractivity contribution is 7.89. The summed E-state index contributed by atoms with van der Waals surface area (Å²) in [7, 11) is -0.160. The molecule has 0 radical (unpaired) electrons. The SMILES string of the molecule is CC(=O)Nc1ccc(S(=O)(=O)N[C@@H](C)C(=O)NCc2ccnc(N(C)C)c2)cc1.